The van der Waals surface area contributed by atoms with Crippen LogP contribution in [0.2, 0.25) is 0 Å². The molecule has 148 valence electrons. The van der Waals surface area contributed by atoms with E-state index in [4.69, 9.17) is 4.74 Å². The Morgan fingerprint density at radius 3 is 2.81 bits per heavy atom. The van der Waals surface area contributed by atoms with Gasteiger partial charge in [0.25, 0.3) is 0 Å². The summed E-state index contributed by atoms with van der Waals surface area (Å²) in [6.45, 7) is 8.24. The first-order valence-electron chi connectivity index (χ1n) is 9.67. The van der Waals surface area contributed by atoms with Crippen molar-refractivity contribution in [2.24, 2.45) is 16.3 Å². The molecule has 0 spiro atoms. The van der Waals surface area contributed by atoms with Crippen molar-refractivity contribution < 1.29 is 4.74 Å². The third-order valence-electron chi connectivity index (χ3n) is 6.17. The van der Waals surface area contributed by atoms with E-state index in [1.165, 1.54) is 11.3 Å². The van der Waals surface area contributed by atoms with Crippen LogP contribution < -0.4 is 15.5 Å². The lowest BCUT2D eigenvalue weighted by atomic mass is 9.57. The second-order valence-electron chi connectivity index (χ2n) is 8.16. The predicted octanol–water partition coefficient (Wildman–Crippen LogP) is 3.16. The molecule has 1 aliphatic carbocycles. The Labute approximate surface area is 179 Å². The zero-order valence-corrected chi connectivity index (χ0v) is 18.8. The smallest absolute Gasteiger partial charge is 0.191 e. The Morgan fingerprint density at radius 1 is 1.30 bits per heavy atom. The van der Waals surface area contributed by atoms with Crippen molar-refractivity contribution in [2.75, 3.05) is 31.6 Å². The zero-order chi connectivity index (χ0) is 18.1. The molecule has 2 heterocycles. The molecule has 0 amide bonds. The summed E-state index contributed by atoms with van der Waals surface area (Å²) in [7, 11) is 1.84. The number of nitrogens with zero attached hydrogens (tertiary/aromatic N) is 2. The van der Waals surface area contributed by atoms with Gasteiger partial charge in [0.2, 0.25) is 0 Å². The Morgan fingerprint density at radius 2 is 2.07 bits per heavy atom. The summed E-state index contributed by atoms with van der Waals surface area (Å²) in [5, 5.41) is 7.13. The highest BCUT2D eigenvalue weighted by Crippen LogP contribution is 2.52. The molecular weight excluding hydrogens is 451 g/mol. The van der Waals surface area contributed by atoms with Crippen molar-refractivity contribution in [1.29, 1.82) is 0 Å². The van der Waals surface area contributed by atoms with Crippen LogP contribution in [0.4, 0.5) is 5.69 Å². The molecule has 3 unspecified atom stereocenters. The van der Waals surface area contributed by atoms with Crippen LogP contribution in [0.1, 0.15) is 25.8 Å². The van der Waals surface area contributed by atoms with Gasteiger partial charge in [-0.15, -0.1) is 24.0 Å². The highest BCUT2D eigenvalue weighted by atomic mass is 127. The molecule has 2 N–H and O–H groups in total. The van der Waals surface area contributed by atoms with E-state index >= 15 is 0 Å². The Balaban J connectivity index is 0.00000210. The van der Waals surface area contributed by atoms with Gasteiger partial charge >= 0.3 is 0 Å². The normalized spacial score (nSPS) is 28.3. The number of ether oxygens (including phenoxy) is 1. The third-order valence-corrected chi connectivity index (χ3v) is 6.17. The minimum atomic E-state index is 0. The molecule has 3 atom stereocenters. The van der Waals surface area contributed by atoms with E-state index in [-0.39, 0.29) is 29.4 Å². The summed E-state index contributed by atoms with van der Waals surface area (Å²) in [4.78, 5) is 6.81. The SMILES string of the molecule is CN=C(NCc1cccc(N2CC=CC2)c1)NC1C2CCOC2C1(C)C.I. The number of hydrogen-bond donors (Lipinski definition) is 2. The molecule has 3 aliphatic rings. The lowest BCUT2D eigenvalue weighted by Crippen LogP contribution is -2.67. The summed E-state index contributed by atoms with van der Waals surface area (Å²) in [5.74, 6) is 1.48. The summed E-state index contributed by atoms with van der Waals surface area (Å²) in [5.41, 5.74) is 2.71. The lowest BCUT2D eigenvalue weighted by Gasteiger charge is -2.54. The molecule has 27 heavy (non-hydrogen) atoms. The van der Waals surface area contributed by atoms with Gasteiger partial charge in [0, 0.05) is 56.4 Å². The van der Waals surface area contributed by atoms with Crippen molar-refractivity contribution in [1.82, 2.24) is 10.6 Å². The highest BCUT2D eigenvalue weighted by Gasteiger charge is 2.59. The molecule has 2 aliphatic heterocycles. The van der Waals surface area contributed by atoms with Gasteiger partial charge in [-0.3, -0.25) is 4.99 Å². The molecule has 5 nitrogen and oxygen atoms in total. The highest BCUT2D eigenvalue weighted by molar-refractivity contribution is 14.0. The van der Waals surface area contributed by atoms with Gasteiger partial charge in [-0.25, -0.2) is 0 Å². The summed E-state index contributed by atoms with van der Waals surface area (Å²) < 4.78 is 5.89. The average molecular weight is 482 g/mol. The van der Waals surface area contributed by atoms with E-state index in [2.05, 4.69) is 70.8 Å². The summed E-state index contributed by atoms with van der Waals surface area (Å²) in [6, 6.07) is 9.17. The second kappa shape index (κ2) is 8.39. The van der Waals surface area contributed by atoms with Gasteiger partial charge in [-0.1, -0.05) is 38.1 Å². The van der Waals surface area contributed by atoms with E-state index in [1.54, 1.807) is 0 Å². The molecule has 2 fully saturated rings. The number of fused-ring (bicyclic) bond motifs is 1. The topological polar surface area (TPSA) is 48.9 Å². The van der Waals surface area contributed by atoms with Gasteiger partial charge in [0.05, 0.1) is 6.10 Å². The van der Waals surface area contributed by atoms with Crippen molar-refractivity contribution in [3.63, 3.8) is 0 Å². The molecule has 0 bridgehead atoms. The van der Waals surface area contributed by atoms with Crippen LogP contribution in [0.3, 0.4) is 0 Å². The van der Waals surface area contributed by atoms with Crippen LogP contribution in [0.25, 0.3) is 0 Å². The molecule has 0 aromatic heterocycles. The number of aliphatic imine (C=N–C) groups is 1. The van der Waals surface area contributed by atoms with Crippen LogP contribution in [-0.4, -0.2) is 44.8 Å². The first-order valence-corrected chi connectivity index (χ1v) is 9.67. The molecular formula is C21H31IN4O. The predicted molar refractivity (Wildman–Crippen MR) is 122 cm³/mol. The minimum absolute atomic E-state index is 0. The summed E-state index contributed by atoms with van der Waals surface area (Å²) >= 11 is 0. The maximum atomic E-state index is 5.89. The molecule has 1 saturated carbocycles. The Bertz CT molecular complexity index is 710. The van der Waals surface area contributed by atoms with Gasteiger partial charge in [-0.05, 0) is 24.1 Å². The minimum Gasteiger partial charge on any atom is -0.377 e. The van der Waals surface area contributed by atoms with Crippen LogP contribution in [0, 0.1) is 11.3 Å². The Hall–Kier alpha value is -1.28. The van der Waals surface area contributed by atoms with Gasteiger partial charge in [0.15, 0.2) is 5.96 Å². The van der Waals surface area contributed by atoms with E-state index in [9.17, 15) is 0 Å². The van der Waals surface area contributed by atoms with Crippen molar-refractivity contribution in [2.45, 2.75) is 39.0 Å². The molecule has 1 saturated heterocycles. The van der Waals surface area contributed by atoms with Crippen LogP contribution in [-0.2, 0) is 11.3 Å². The van der Waals surface area contributed by atoms with Crippen molar-refractivity contribution >= 4 is 35.6 Å². The standard InChI is InChI=1S/C21H30N4O.HI/c1-21(2)18(17-9-12-26-19(17)21)24-20(22-3)23-14-15-7-6-8-16(13-15)25-10-4-5-11-25;/h4-8,13,17-19H,9-12,14H2,1-3H3,(H2,22,23,24);1H. The summed E-state index contributed by atoms with van der Waals surface area (Å²) in [6.07, 6.45) is 5.98. The molecule has 4 rings (SSSR count). The molecule has 1 aromatic rings. The number of nitrogens with one attached hydrogen (secondary N) is 2. The lowest BCUT2D eigenvalue weighted by molar-refractivity contribution is -0.106. The second-order valence-corrected chi connectivity index (χ2v) is 8.16. The first-order chi connectivity index (χ1) is 12.6. The van der Waals surface area contributed by atoms with E-state index < -0.39 is 0 Å². The van der Waals surface area contributed by atoms with Gasteiger partial charge in [-0.2, -0.15) is 0 Å². The first kappa shape index (κ1) is 20.5. The Kier molecular flexibility index (Phi) is 6.35. The van der Waals surface area contributed by atoms with Crippen molar-refractivity contribution in [3.05, 3.63) is 42.0 Å². The fraction of sp³-hybridized carbons (Fsp3) is 0.571. The van der Waals surface area contributed by atoms with Crippen LogP contribution in [0.15, 0.2) is 41.4 Å². The largest absolute Gasteiger partial charge is 0.377 e. The monoisotopic (exact) mass is 482 g/mol. The number of rotatable bonds is 4. The quantitative estimate of drug-likeness (QED) is 0.300. The maximum absolute atomic E-state index is 5.89. The van der Waals surface area contributed by atoms with Gasteiger partial charge < -0.3 is 20.3 Å². The van der Waals surface area contributed by atoms with Crippen molar-refractivity contribution in [3.8, 4) is 0 Å². The van der Waals surface area contributed by atoms with Crippen LogP contribution in [0.5, 0.6) is 0 Å². The molecule has 1 aromatic carbocycles. The number of halogens is 1. The number of anilines is 1. The average Bonchev–Trinajstić information content (AvgIpc) is 3.33. The van der Waals surface area contributed by atoms with E-state index in [0.29, 0.717) is 18.1 Å². The molecule has 6 heteroatoms. The van der Waals surface area contributed by atoms with E-state index in [1.807, 2.05) is 7.05 Å². The fourth-order valence-corrected chi connectivity index (χ4v) is 4.70. The zero-order valence-electron chi connectivity index (χ0n) is 16.4. The number of benzene rings is 1. The van der Waals surface area contributed by atoms with Gasteiger partial charge in [0.1, 0.15) is 0 Å². The fourth-order valence-electron chi connectivity index (χ4n) is 4.70. The third kappa shape index (κ3) is 3.97. The molecule has 0 radical (unpaired) electrons. The van der Waals surface area contributed by atoms with Crippen LogP contribution >= 0.6 is 24.0 Å². The number of hydrogen-bond acceptors (Lipinski definition) is 3. The van der Waals surface area contributed by atoms with E-state index in [0.717, 1.165) is 38.6 Å². The maximum Gasteiger partial charge on any atom is 0.191 e. The number of guanidine groups is 1.